The molecule has 0 bridgehead atoms. The lowest BCUT2D eigenvalue weighted by Gasteiger charge is -2.19. The number of nitrogens with zero attached hydrogens (tertiary/aromatic N) is 1. The fraction of sp³-hybridized carbons (Fsp3) is 0.667. The first-order chi connectivity index (χ1) is 7.76. The van der Waals surface area contributed by atoms with Gasteiger partial charge in [-0.05, 0) is 32.5 Å². The Balaban J connectivity index is 2.21. The summed E-state index contributed by atoms with van der Waals surface area (Å²) in [6, 6.07) is 3.89. The number of hydrogen-bond donors (Lipinski definition) is 1. The molecule has 0 radical (unpaired) electrons. The smallest absolute Gasteiger partial charge is 0.117 e. The summed E-state index contributed by atoms with van der Waals surface area (Å²) in [5.74, 6) is 0.989. The van der Waals surface area contributed by atoms with Gasteiger partial charge >= 0.3 is 0 Å². The van der Waals surface area contributed by atoms with E-state index in [0.717, 1.165) is 31.9 Å². The van der Waals surface area contributed by atoms with Crippen LogP contribution in [0.1, 0.15) is 19.1 Å². The van der Waals surface area contributed by atoms with Crippen molar-refractivity contribution in [2.24, 2.45) is 5.73 Å². The third-order valence-corrected chi connectivity index (χ3v) is 2.50. The normalized spacial score (nSPS) is 13.2. The van der Waals surface area contributed by atoms with Crippen molar-refractivity contribution < 1.29 is 9.15 Å². The summed E-state index contributed by atoms with van der Waals surface area (Å²) in [5.41, 5.74) is 5.62. The van der Waals surface area contributed by atoms with Crippen LogP contribution in [0.3, 0.4) is 0 Å². The van der Waals surface area contributed by atoms with Gasteiger partial charge in [0.2, 0.25) is 0 Å². The maximum absolute atomic E-state index is 5.62. The Morgan fingerprint density at radius 3 is 2.94 bits per heavy atom. The molecule has 0 saturated carbocycles. The number of hydrogen-bond acceptors (Lipinski definition) is 4. The second kappa shape index (κ2) is 7.44. The molecule has 0 aromatic carbocycles. The molecule has 1 atom stereocenters. The lowest BCUT2D eigenvalue weighted by Crippen LogP contribution is -2.29. The molecular weight excluding hydrogens is 204 g/mol. The first-order valence-corrected chi connectivity index (χ1v) is 5.78. The minimum atomic E-state index is 0.170. The highest BCUT2D eigenvalue weighted by Gasteiger charge is 2.08. The van der Waals surface area contributed by atoms with Gasteiger partial charge in [-0.1, -0.05) is 0 Å². The van der Waals surface area contributed by atoms with Crippen LogP contribution in [0.5, 0.6) is 0 Å². The molecule has 0 saturated heterocycles. The fourth-order valence-corrected chi connectivity index (χ4v) is 1.62. The molecule has 4 heteroatoms. The minimum absolute atomic E-state index is 0.170. The summed E-state index contributed by atoms with van der Waals surface area (Å²) >= 11 is 0. The SMILES string of the molecule is CCOC(CN)CCN(C)Cc1ccco1. The third-order valence-electron chi connectivity index (χ3n) is 2.50. The highest BCUT2D eigenvalue weighted by Crippen LogP contribution is 2.05. The quantitative estimate of drug-likeness (QED) is 0.729. The molecule has 0 amide bonds. The van der Waals surface area contributed by atoms with Gasteiger partial charge in [0.1, 0.15) is 5.76 Å². The molecule has 0 spiro atoms. The van der Waals surface area contributed by atoms with Crippen molar-refractivity contribution in [3.63, 3.8) is 0 Å². The second-order valence-corrected chi connectivity index (χ2v) is 3.92. The Bertz CT molecular complexity index is 262. The van der Waals surface area contributed by atoms with Crippen molar-refractivity contribution >= 4 is 0 Å². The topological polar surface area (TPSA) is 51.6 Å². The van der Waals surface area contributed by atoms with Gasteiger partial charge < -0.3 is 14.9 Å². The maximum Gasteiger partial charge on any atom is 0.117 e. The van der Waals surface area contributed by atoms with Gasteiger partial charge in [0.05, 0.1) is 18.9 Å². The summed E-state index contributed by atoms with van der Waals surface area (Å²) in [5, 5.41) is 0. The third kappa shape index (κ3) is 4.79. The summed E-state index contributed by atoms with van der Waals surface area (Å²) in [7, 11) is 2.07. The zero-order chi connectivity index (χ0) is 11.8. The zero-order valence-corrected chi connectivity index (χ0v) is 10.2. The molecule has 0 aliphatic rings. The molecule has 1 aromatic rings. The summed E-state index contributed by atoms with van der Waals surface area (Å²) in [6.07, 6.45) is 2.83. The molecule has 16 heavy (non-hydrogen) atoms. The van der Waals surface area contributed by atoms with Crippen molar-refractivity contribution in [3.8, 4) is 0 Å². The minimum Gasteiger partial charge on any atom is -0.468 e. The van der Waals surface area contributed by atoms with Crippen LogP contribution < -0.4 is 5.73 Å². The predicted octanol–water partition coefficient (Wildman–Crippen LogP) is 1.47. The van der Waals surface area contributed by atoms with Crippen molar-refractivity contribution in [3.05, 3.63) is 24.2 Å². The van der Waals surface area contributed by atoms with E-state index in [9.17, 15) is 0 Å². The largest absolute Gasteiger partial charge is 0.468 e. The molecule has 1 heterocycles. The van der Waals surface area contributed by atoms with Gasteiger partial charge in [-0.3, -0.25) is 4.90 Å². The van der Waals surface area contributed by atoms with E-state index in [1.165, 1.54) is 0 Å². The van der Waals surface area contributed by atoms with E-state index < -0.39 is 0 Å². The number of rotatable bonds is 8. The molecule has 1 rings (SSSR count). The Hall–Kier alpha value is -0.840. The van der Waals surface area contributed by atoms with Crippen LogP contribution in [-0.4, -0.2) is 37.7 Å². The van der Waals surface area contributed by atoms with Crippen molar-refractivity contribution in [1.82, 2.24) is 4.90 Å². The van der Waals surface area contributed by atoms with E-state index in [4.69, 9.17) is 14.9 Å². The number of ether oxygens (including phenoxy) is 1. The molecule has 1 aromatic heterocycles. The van der Waals surface area contributed by atoms with E-state index >= 15 is 0 Å². The van der Waals surface area contributed by atoms with Crippen LogP contribution in [0.4, 0.5) is 0 Å². The van der Waals surface area contributed by atoms with Crippen LogP contribution in [0.15, 0.2) is 22.8 Å². The average molecular weight is 226 g/mol. The van der Waals surface area contributed by atoms with Crippen molar-refractivity contribution in [1.29, 1.82) is 0 Å². The Morgan fingerprint density at radius 1 is 1.56 bits per heavy atom. The molecule has 0 aliphatic heterocycles. The van der Waals surface area contributed by atoms with Crippen molar-refractivity contribution in [2.75, 3.05) is 26.7 Å². The Labute approximate surface area is 97.4 Å². The van der Waals surface area contributed by atoms with E-state index in [1.807, 2.05) is 19.1 Å². The molecular formula is C12H22N2O2. The van der Waals surface area contributed by atoms with Gasteiger partial charge in [-0.2, -0.15) is 0 Å². The molecule has 0 fully saturated rings. The monoisotopic (exact) mass is 226 g/mol. The zero-order valence-electron chi connectivity index (χ0n) is 10.2. The first-order valence-electron chi connectivity index (χ1n) is 5.78. The van der Waals surface area contributed by atoms with Crippen LogP contribution >= 0.6 is 0 Å². The molecule has 2 N–H and O–H groups in total. The predicted molar refractivity (Wildman–Crippen MR) is 64.1 cm³/mol. The molecule has 4 nitrogen and oxygen atoms in total. The summed E-state index contributed by atoms with van der Waals surface area (Å²) in [6.45, 7) is 5.10. The standard InChI is InChI=1S/C12H22N2O2/c1-3-15-11(9-13)6-7-14(2)10-12-5-4-8-16-12/h4-5,8,11H,3,6-7,9-10,13H2,1-2H3. The van der Waals surface area contributed by atoms with Gasteiger partial charge in [0, 0.05) is 19.7 Å². The van der Waals surface area contributed by atoms with E-state index in [0.29, 0.717) is 6.54 Å². The Kier molecular flexibility index (Phi) is 6.15. The van der Waals surface area contributed by atoms with Gasteiger partial charge in [-0.15, -0.1) is 0 Å². The van der Waals surface area contributed by atoms with Crippen LogP contribution in [0, 0.1) is 0 Å². The van der Waals surface area contributed by atoms with E-state index in [2.05, 4.69) is 11.9 Å². The molecule has 92 valence electrons. The number of furan rings is 1. The molecule has 1 unspecified atom stereocenters. The van der Waals surface area contributed by atoms with E-state index in [-0.39, 0.29) is 6.10 Å². The van der Waals surface area contributed by atoms with Crippen molar-refractivity contribution in [2.45, 2.75) is 26.0 Å². The summed E-state index contributed by atoms with van der Waals surface area (Å²) < 4.78 is 10.8. The lowest BCUT2D eigenvalue weighted by molar-refractivity contribution is 0.0554. The highest BCUT2D eigenvalue weighted by atomic mass is 16.5. The van der Waals surface area contributed by atoms with Gasteiger partial charge in [-0.25, -0.2) is 0 Å². The summed E-state index contributed by atoms with van der Waals surface area (Å²) in [4.78, 5) is 2.21. The van der Waals surface area contributed by atoms with Gasteiger partial charge in [0.15, 0.2) is 0 Å². The van der Waals surface area contributed by atoms with Gasteiger partial charge in [0.25, 0.3) is 0 Å². The first kappa shape index (κ1) is 13.2. The second-order valence-electron chi connectivity index (χ2n) is 3.92. The molecule has 0 aliphatic carbocycles. The number of nitrogens with two attached hydrogens (primary N) is 1. The average Bonchev–Trinajstić information content (AvgIpc) is 2.76. The van der Waals surface area contributed by atoms with E-state index in [1.54, 1.807) is 6.26 Å². The lowest BCUT2D eigenvalue weighted by atomic mass is 10.2. The fourth-order valence-electron chi connectivity index (χ4n) is 1.62. The highest BCUT2D eigenvalue weighted by molar-refractivity contribution is 4.97. The Morgan fingerprint density at radius 2 is 2.38 bits per heavy atom. The van der Waals surface area contributed by atoms with Crippen LogP contribution in [0.2, 0.25) is 0 Å². The maximum atomic E-state index is 5.62. The van der Waals surface area contributed by atoms with Crippen LogP contribution in [-0.2, 0) is 11.3 Å². The van der Waals surface area contributed by atoms with Crippen LogP contribution in [0.25, 0.3) is 0 Å².